The summed E-state index contributed by atoms with van der Waals surface area (Å²) in [4.78, 5) is 8.07. The Labute approximate surface area is 85.8 Å². The molecule has 3 N–H and O–H groups in total. The van der Waals surface area contributed by atoms with Gasteiger partial charge in [-0.25, -0.2) is 9.97 Å². The van der Waals surface area contributed by atoms with Gasteiger partial charge in [0.15, 0.2) is 0 Å². The maximum atomic E-state index is 5.54. The Kier molecular flexibility index (Phi) is 2.60. The van der Waals surface area contributed by atoms with Crippen molar-refractivity contribution >= 4 is 22.8 Å². The molecule has 4 nitrogen and oxygen atoms in total. The standard InChI is InChI=1S/C9H10N4S/c10-9-3-7(1-2-11-9)12-4-8-5-14-6-13-8/h1-3,5-6H,4H2,(H3,10,11,12). The van der Waals surface area contributed by atoms with Crippen LogP contribution in [0.3, 0.4) is 0 Å². The molecule has 2 heterocycles. The fourth-order valence-corrected chi connectivity index (χ4v) is 1.63. The van der Waals surface area contributed by atoms with Crippen molar-refractivity contribution in [2.75, 3.05) is 11.1 Å². The number of anilines is 2. The first-order valence-corrected chi connectivity index (χ1v) is 5.11. The van der Waals surface area contributed by atoms with Gasteiger partial charge in [-0.3, -0.25) is 0 Å². The summed E-state index contributed by atoms with van der Waals surface area (Å²) in [6.45, 7) is 0.715. The topological polar surface area (TPSA) is 63.8 Å². The summed E-state index contributed by atoms with van der Waals surface area (Å²) in [6.07, 6.45) is 1.68. The number of thiazole rings is 1. The van der Waals surface area contributed by atoms with Gasteiger partial charge >= 0.3 is 0 Å². The number of nitrogens with two attached hydrogens (primary N) is 1. The van der Waals surface area contributed by atoms with Crippen molar-refractivity contribution in [3.63, 3.8) is 0 Å². The molecule has 0 bridgehead atoms. The Morgan fingerprint density at radius 2 is 2.36 bits per heavy atom. The van der Waals surface area contributed by atoms with E-state index in [1.807, 2.05) is 17.0 Å². The minimum atomic E-state index is 0.522. The average Bonchev–Trinajstić information content (AvgIpc) is 2.67. The van der Waals surface area contributed by atoms with Gasteiger partial charge in [0.2, 0.25) is 0 Å². The minimum Gasteiger partial charge on any atom is -0.384 e. The zero-order valence-electron chi connectivity index (χ0n) is 7.47. The second-order valence-electron chi connectivity index (χ2n) is 2.80. The van der Waals surface area contributed by atoms with Crippen LogP contribution in [0.5, 0.6) is 0 Å². The molecule has 0 saturated carbocycles. The molecule has 2 aromatic rings. The lowest BCUT2D eigenvalue weighted by Crippen LogP contribution is -2.00. The van der Waals surface area contributed by atoms with Crippen LogP contribution >= 0.6 is 11.3 Å². The van der Waals surface area contributed by atoms with Crippen LogP contribution in [0.2, 0.25) is 0 Å². The van der Waals surface area contributed by atoms with Crippen LogP contribution in [-0.4, -0.2) is 9.97 Å². The first kappa shape index (κ1) is 8.96. The van der Waals surface area contributed by atoms with Crippen molar-refractivity contribution in [1.29, 1.82) is 0 Å². The molecular weight excluding hydrogens is 196 g/mol. The summed E-state index contributed by atoms with van der Waals surface area (Å²) in [5.74, 6) is 0.522. The Balaban J connectivity index is 1.98. The van der Waals surface area contributed by atoms with Gasteiger partial charge in [0.25, 0.3) is 0 Å². The highest BCUT2D eigenvalue weighted by Gasteiger charge is 1.95. The molecular formula is C9H10N4S. The van der Waals surface area contributed by atoms with E-state index in [0.717, 1.165) is 11.4 Å². The largest absolute Gasteiger partial charge is 0.384 e. The lowest BCUT2D eigenvalue weighted by atomic mass is 10.3. The van der Waals surface area contributed by atoms with Crippen LogP contribution in [-0.2, 0) is 6.54 Å². The fraction of sp³-hybridized carbons (Fsp3) is 0.111. The van der Waals surface area contributed by atoms with E-state index >= 15 is 0 Å². The smallest absolute Gasteiger partial charge is 0.125 e. The zero-order valence-corrected chi connectivity index (χ0v) is 8.29. The first-order valence-electron chi connectivity index (χ1n) is 4.17. The van der Waals surface area contributed by atoms with Gasteiger partial charge in [0.1, 0.15) is 5.82 Å². The third-order valence-electron chi connectivity index (χ3n) is 1.74. The summed E-state index contributed by atoms with van der Waals surface area (Å²) in [7, 11) is 0. The molecule has 0 aliphatic heterocycles. The summed E-state index contributed by atoms with van der Waals surface area (Å²) >= 11 is 1.59. The molecule has 2 rings (SSSR count). The van der Waals surface area contributed by atoms with Gasteiger partial charge in [-0.2, -0.15) is 0 Å². The van der Waals surface area contributed by atoms with Crippen molar-refractivity contribution in [1.82, 2.24) is 9.97 Å². The van der Waals surface area contributed by atoms with E-state index in [4.69, 9.17) is 5.73 Å². The number of hydrogen-bond acceptors (Lipinski definition) is 5. The second kappa shape index (κ2) is 4.06. The van der Waals surface area contributed by atoms with E-state index in [1.165, 1.54) is 0 Å². The first-order chi connectivity index (χ1) is 6.84. The molecule has 2 aromatic heterocycles. The molecule has 0 atom stereocenters. The molecule has 0 aliphatic rings. The molecule has 0 fully saturated rings. The van der Waals surface area contributed by atoms with E-state index in [0.29, 0.717) is 12.4 Å². The van der Waals surface area contributed by atoms with Crippen LogP contribution in [0.1, 0.15) is 5.69 Å². The molecule has 0 amide bonds. The normalized spacial score (nSPS) is 10.0. The third kappa shape index (κ3) is 2.20. The van der Waals surface area contributed by atoms with Gasteiger partial charge < -0.3 is 11.1 Å². The Morgan fingerprint density at radius 3 is 3.07 bits per heavy atom. The number of nitrogen functional groups attached to an aromatic ring is 1. The number of aromatic nitrogens is 2. The van der Waals surface area contributed by atoms with E-state index in [1.54, 1.807) is 23.6 Å². The number of pyridine rings is 1. The van der Waals surface area contributed by atoms with Gasteiger partial charge in [0, 0.05) is 23.3 Å². The molecule has 0 aromatic carbocycles. The highest BCUT2D eigenvalue weighted by molar-refractivity contribution is 7.07. The maximum Gasteiger partial charge on any atom is 0.125 e. The Bertz CT molecular complexity index is 399. The van der Waals surface area contributed by atoms with Crippen molar-refractivity contribution in [3.8, 4) is 0 Å². The van der Waals surface area contributed by atoms with Gasteiger partial charge in [-0.15, -0.1) is 11.3 Å². The van der Waals surface area contributed by atoms with Crippen molar-refractivity contribution < 1.29 is 0 Å². The predicted octanol–water partition coefficient (Wildman–Crippen LogP) is 1.73. The van der Waals surface area contributed by atoms with Crippen molar-refractivity contribution in [2.45, 2.75) is 6.54 Å². The minimum absolute atomic E-state index is 0.522. The van der Waals surface area contributed by atoms with Crippen molar-refractivity contribution in [2.24, 2.45) is 0 Å². The van der Waals surface area contributed by atoms with Crippen molar-refractivity contribution in [3.05, 3.63) is 34.9 Å². The summed E-state index contributed by atoms with van der Waals surface area (Å²) in [5.41, 5.74) is 9.36. The van der Waals surface area contributed by atoms with Crippen LogP contribution in [0, 0.1) is 0 Å². The zero-order chi connectivity index (χ0) is 9.80. The fourth-order valence-electron chi connectivity index (χ4n) is 1.08. The van der Waals surface area contributed by atoms with E-state index in [-0.39, 0.29) is 0 Å². The second-order valence-corrected chi connectivity index (χ2v) is 3.52. The number of rotatable bonds is 3. The highest BCUT2D eigenvalue weighted by atomic mass is 32.1. The third-order valence-corrected chi connectivity index (χ3v) is 2.37. The molecule has 0 aliphatic carbocycles. The Hall–Kier alpha value is -1.62. The van der Waals surface area contributed by atoms with Gasteiger partial charge in [-0.05, 0) is 6.07 Å². The highest BCUT2D eigenvalue weighted by Crippen LogP contribution is 2.10. The SMILES string of the molecule is Nc1cc(NCc2cscn2)ccn1. The number of hydrogen-bond donors (Lipinski definition) is 2. The summed E-state index contributed by atoms with van der Waals surface area (Å²) in [6, 6.07) is 3.68. The molecule has 14 heavy (non-hydrogen) atoms. The van der Waals surface area contributed by atoms with Crippen LogP contribution in [0.15, 0.2) is 29.2 Å². The van der Waals surface area contributed by atoms with Gasteiger partial charge in [0.05, 0.1) is 17.7 Å². The lowest BCUT2D eigenvalue weighted by Gasteiger charge is -2.03. The van der Waals surface area contributed by atoms with E-state index < -0.39 is 0 Å². The molecule has 5 heteroatoms. The molecule has 72 valence electrons. The number of nitrogens with zero attached hydrogens (tertiary/aromatic N) is 2. The molecule has 0 radical (unpaired) electrons. The monoisotopic (exact) mass is 206 g/mol. The molecule has 0 saturated heterocycles. The van der Waals surface area contributed by atoms with Crippen LogP contribution < -0.4 is 11.1 Å². The number of nitrogens with one attached hydrogen (secondary N) is 1. The van der Waals surface area contributed by atoms with Gasteiger partial charge in [-0.1, -0.05) is 0 Å². The van der Waals surface area contributed by atoms with E-state index in [2.05, 4.69) is 15.3 Å². The molecule has 0 spiro atoms. The maximum absolute atomic E-state index is 5.54. The van der Waals surface area contributed by atoms with E-state index in [9.17, 15) is 0 Å². The van der Waals surface area contributed by atoms with Crippen LogP contribution in [0.4, 0.5) is 11.5 Å². The quantitative estimate of drug-likeness (QED) is 0.802. The predicted molar refractivity (Wildman–Crippen MR) is 58.1 cm³/mol. The van der Waals surface area contributed by atoms with Crippen LogP contribution in [0.25, 0.3) is 0 Å². The molecule has 0 unspecified atom stereocenters. The average molecular weight is 206 g/mol. The summed E-state index contributed by atoms with van der Waals surface area (Å²) < 4.78 is 0. The Morgan fingerprint density at radius 1 is 1.43 bits per heavy atom. The summed E-state index contributed by atoms with van der Waals surface area (Å²) in [5, 5.41) is 5.22. The lowest BCUT2D eigenvalue weighted by molar-refractivity contribution is 1.07.